The highest BCUT2D eigenvalue weighted by molar-refractivity contribution is 5.72. The summed E-state index contributed by atoms with van der Waals surface area (Å²) in [6, 6.07) is 17.1. The first kappa shape index (κ1) is 15.1. The molecule has 1 atom stereocenters. The third-order valence-corrected chi connectivity index (χ3v) is 5.81. The Hall–Kier alpha value is -2.17. The first-order valence-electron chi connectivity index (χ1n) is 9.07. The van der Waals surface area contributed by atoms with Gasteiger partial charge in [-0.3, -0.25) is 0 Å². The minimum atomic E-state index is 0.258. The van der Waals surface area contributed by atoms with Crippen molar-refractivity contribution in [3.8, 4) is 0 Å². The van der Waals surface area contributed by atoms with Gasteiger partial charge in [0.15, 0.2) is 5.58 Å². The SMILES string of the molecule is c1ccc2c(c1)CC1(CCOCC1)C2NCc1nc2ccccc2o1. The lowest BCUT2D eigenvalue weighted by Gasteiger charge is -2.39. The molecule has 0 saturated carbocycles. The molecule has 3 aromatic rings. The molecule has 2 aliphatic rings. The van der Waals surface area contributed by atoms with Gasteiger partial charge in [-0.2, -0.15) is 0 Å². The van der Waals surface area contributed by atoms with Gasteiger partial charge < -0.3 is 14.5 Å². The molecular weight excluding hydrogens is 312 g/mol. The van der Waals surface area contributed by atoms with Gasteiger partial charge in [0.05, 0.1) is 6.54 Å². The summed E-state index contributed by atoms with van der Waals surface area (Å²) in [5.74, 6) is 0.757. The number of fused-ring (bicyclic) bond motifs is 2. The summed E-state index contributed by atoms with van der Waals surface area (Å²) in [7, 11) is 0. The molecule has 1 aromatic heterocycles. The van der Waals surface area contributed by atoms with Gasteiger partial charge in [-0.25, -0.2) is 4.98 Å². The number of para-hydroxylation sites is 2. The summed E-state index contributed by atoms with van der Waals surface area (Å²) in [6.45, 7) is 2.36. The lowest BCUT2D eigenvalue weighted by molar-refractivity contribution is -0.000549. The highest BCUT2D eigenvalue weighted by Gasteiger charge is 2.46. The molecule has 1 N–H and O–H groups in total. The van der Waals surface area contributed by atoms with E-state index in [4.69, 9.17) is 9.15 Å². The summed E-state index contributed by atoms with van der Waals surface area (Å²) in [4.78, 5) is 4.61. The fourth-order valence-electron chi connectivity index (χ4n) is 4.54. The van der Waals surface area contributed by atoms with E-state index >= 15 is 0 Å². The van der Waals surface area contributed by atoms with Crippen LogP contribution in [0.4, 0.5) is 0 Å². The van der Waals surface area contributed by atoms with Crippen LogP contribution in [0.2, 0.25) is 0 Å². The number of oxazole rings is 1. The molecule has 128 valence electrons. The largest absolute Gasteiger partial charge is 0.439 e. The van der Waals surface area contributed by atoms with Crippen molar-refractivity contribution in [2.45, 2.75) is 31.8 Å². The number of rotatable bonds is 3. The first-order valence-corrected chi connectivity index (χ1v) is 9.07. The smallest absolute Gasteiger partial charge is 0.209 e. The van der Waals surface area contributed by atoms with E-state index < -0.39 is 0 Å². The summed E-state index contributed by atoms with van der Waals surface area (Å²) in [5, 5.41) is 3.76. The minimum Gasteiger partial charge on any atom is -0.439 e. The zero-order chi connectivity index (χ0) is 16.7. The van der Waals surface area contributed by atoms with Gasteiger partial charge >= 0.3 is 0 Å². The quantitative estimate of drug-likeness (QED) is 0.786. The Balaban J connectivity index is 1.43. The Bertz CT molecular complexity index is 863. The maximum absolute atomic E-state index is 5.89. The Kier molecular flexibility index (Phi) is 3.61. The maximum Gasteiger partial charge on any atom is 0.209 e. The summed E-state index contributed by atoms with van der Waals surface area (Å²) < 4.78 is 11.5. The van der Waals surface area contributed by atoms with E-state index in [-0.39, 0.29) is 5.41 Å². The average Bonchev–Trinajstić information content (AvgIpc) is 3.19. The molecule has 1 saturated heterocycles. The van der Waals surface area contributed by atoms with Crippen LogP contribution in [0, 0.1) is 5.41 Å². The van der Waals surface area contributed by atoms with Crippen LogP contribution in [-0.4, -0.2) is 18.2 Å². The van der Waals surface area contributed by atoms with E-state index in [0.29, 0.717) is 12.6 Å². The van der Waals surface area contributed by atoms with Crippen LogP contribution in [0.1, 0.15) is 35.9 Å². The standard InChI is InChI=1S/C21H22N2O2/c1-2-6-16-15(5-1)13-21(9-11-24-12-10-21)20(16)22-14-19-23-17-7-3-4-8-18(17)25-19/h1-8,20,22H,9-14H2. The predicted octanol–water partition coefficient (Wildman–Crippen LogP) is 4.01. The molecule has 1 fully saturated rings. The average molecular weight is 334 g/mol. The van der Waals surface area contributed by atoms with Crippen molar-refractivity contribution >= 4 is 11.1 Å². The zero-order valence-electron chi connectivity index (χ0n) is 14.2. The molecule has 2 heterocycles. The fourth-order valence-corrected chi connectivity index (χ4v) is 4.54. The molecule has 4 heteroatoms. The molecule has 1 aliphatic heterocycles. The second-order valence-corrected chi connectivity index (χ2v) is 7.24. The van der Waals surface area contributed by atoms with Gasteiger partial charge in [0.25, 0.3) is 0 Å². The third kappa shape index (κ3) is 2.57. The number of nitrogens with one attached hydrogen (secondary N) is 1. The molecule has 0 amide bonds. The van der Waals surface area contributed by atoms with Crippen molar-refractivity contribution in [3.63, 3.8) is 0 Å². The first-order chi connectivity index (χ1) is 12.3. The topological polar surface area (TPSA) is 47.3 Å². The van der Waals surface area contributed by atoms with Crippen LogP contribution < -0.4 is 5.32 Å². The Morgan fingerprint density at radius 2 is 1.84 bits per heavy atom. The van der Waals surface area contributed by atoms with Crippen LogP contribution in [0.5, 0.6) is 0 Å². The summed E-state index contributed by atoms with van der Waals surface area (Å²) in [6.07, 6.45) is 3.34. The maximum atomic E-state index is 5.89. The third-order valence-electron chi connectivity index (χ3n) is 5.81. The number of nitrogens with zero attached hydrogens (tertiary/aromatic N) is 1. The van der Waals surface area contributed by atoms with Crippen LogP contribution in [-0.2, 0) is 17.7 Å². The van der Waals surface area contributed by atoms with E-state index in [9.17, 15) is 0 Å². The van der Waals surface area contributed by atoms with E-state index in [1.165, 1.54) is 11.1 Å². The van der Waals surface area contributed by atoms with E-state index in [0.717, 1.165) is 49.5 Å². The monoisotopic (exact) mass is 334 g/mol. The molecule has 1 spiro atoms. The second kappa shape index (κ2) is 5.97. The van der Waals surface area contributed by atoms with E-state index in [1.807, 2.05) is 24.3 Å². The molecule has 0 radical (unpaired) electrons. The lowest BCUT2D eigenvalue weighted by atomic mass is 9.74. The fraction of sp³-hybridized carbons (Fsp3) is 0.381. The highest BCUT2D eigenvalue weighted by atomic mass is 16.5. The van der Waals surface area contributed by atoms with Crippen molar-refractivity contribution < 1.29 is 9.15 Å². The molecule has 25 heavy (non-hydrogen) atoms. The number of hydrogen-bond donors (Lipinski definition) is 1. The van der Waals surface area contributed by atoms with Gasteiger partial charge in [-0.1, -0.05) is 36.4 Å². The zero-order valence-corrected chi connectivity index (χ0v) is 14.2. The number of ether oxygens (including phenoxy) is 1. The van der Waals surface area contributed by atoms with Crippen molar-refractivity contribution in [1.29, 1.82) is 0 Å². The predicted molar refractivity (Wildman–Crippen MR) is 96.2 cm³/mol. The van der Waals surface area contributed by atoms with Crippen LogP contribution in [0.15, 0.2) is 52.9 Å². The van der Waals surface area contributed by atoms with E-state index in [1.54, 1.807) is 0 Å². The Labute approximate surface area is 147 Å². The Morgan fingerprint density at radius 1 is 1.04 bits per heavy atom. The second-order valence-electron chi connectivity index (χ2n) is 7.24. The van der Waals surface area contributed by atoms with Crippen molar-refractivity contribution in [3.05, 3.63) is 65.5 Å². The number of hydrogen-bond acceptors (Lipinski definition) is 4. The summed E-state index contributed by atoms with van der Waals surface area (Å²) >= 11 is 0. The van der Waals surface area contributed by atoms with Gasteiger partial charge in [0.1, 0.15) is 5.52 Å². The molecule has 4 nitrogen and oxygen atoms in total. The number of aromatic nitrogens is 1. The van der Waals surface area contributed by atoms with Gasteiger partial charge in [0, 0.05) is 19.3 Å². The van der Waals surface area contributed by atoms with Crippen molar-refractivity contribution in [2.24, 2.45) is 5.41 Å². The van der Waals surface area contributed by atoms with Crippen molar-refractivity contribution in [1.82, 2.24) is 10.3 Å². The van der Waals surface area contributed by atoms with E-state index in [2.05, 4.69) is 34.6 Å². The van der Waals surface area contributed by atoms with Crippen LogP contribution in [0.25, 0.3) is 11.1 Å². The molecular formula is C21H22N2O2. The van der Waals surface area contributed by atoms with Gasteiger partial charge in [-0.15, -0.1) is 0 Å². The lowest BCUT2D eigenvalue weighted by Crippen LogP contribution is -2.39. The normalized spacial score (nSPS) is 21.7. The van der Waals surface area contributed by atoms with Gasteiger partial charge in [0.2, 0.25) is 5.89 Å². The minimum absolute atomic E-state index is 0.258. The van der Waals surface area contributed by atoms with Crippen LogP contribution in [0.3, 0.4) is 0 Å². The number of benzene rings is 2. The molecule has 2 aromatic carbocycles. The molecule has 5 rings (SSSR count). The Morgan fingerprint density at radius 3 is 2.72 bits per heavy atom. The molecule has 1 unspecified atom stereocenters. The highest BCUT2D eigenvalue weighted by Crippen LogP contribution is 2.51. The van der Waals surface area contributed by atoms with Crippen molar-refractivity contribution in [2.75, 3.05) is 13.2 Å². The molecule has 1 aliphatic carbocycles. The molecule has 0 bridgehead atoms. The summed E-state index contributed by atoms with van der Waals surface area (Å²) in [5.41, 5.74) is 4.94. The van der Waals surface area contributed by atoms with Crippen LogP contribution >= 0.6 is 0 Å². The van der Waals surface area contributed by atoms with Gasteiger partial charge in [-0.05, 0) is 47.9 Å².